The zero-order valence-corrected chi connectivity index (χ0v) is 18.2. The van der Waals surface area contributed by atoms with Gasteiger partial charge in [-0.25, -0.2) is 9.97 Å². The average Bonchev–Trinajstić information content (AvgIpc) is 3.02. The predicted octanol–water partition coefficient (Wildman–Crippen LogP) is 6.01. The third-order valence-electron chi connectivity index (χ3n) is 4.54. The summed E-state index contributed by atoms with van der Waals surface area (Å²) >= 11 is 3.11. The Morgan fingerprint density at radius 2 is 1.76 bits per heavy atom. The van der Waals surface area contributed by atoms with Crippen LogP contribution in [0.5, 0.6) is 0 Å². The highest BCUT2D eigenvalue weighted by molar-refractivity contribution is 8.00. The van der Waals surface area contributed by atoms with E-state index in [2.05, 4.69) is 40.4 Å². The number of nitrogens with zero attached hydrogens (tertiary/aromatic N) is 2. The summed E-state index contributed by atoms with van der Waals surface area (Å²) in [6.07, 6.45) is 1.58. The average molecular weight is 420 g/mol. The van der Waals surface area contributed by atoms with Gasteiger partial charge in [0.1, 0.15) is 16.2 Å². The molecule has 29 heavy (non-hydrogen) atoms. The first kappa shape index (κ1) is 19.6. The first-order valence-electron chi connectivity index (χ1n) is 9.32. The van der Waals surface area contributed by atoms with E-state index in [0.717, 1.165) is 43.2 Å². The molecule has 2 heterocycles. The molecule has 0 spiro atoms. The smallest absolute Gasteiger partial charge is 0.234 e. The summed E-state index contributed by atoms with van der Waals surface area (Å²) in [5.41, 5.74) is 5.40. The largest absolute Gasteiger partial charge is 0.325 e. The van der Waals surface area contributed by atoms with Gasteiger partial charge in [0, 0.05) is 16.1 Å². The van der Waals surface area contributed by atoms with Crippen molar-refractivity contribution in [1.82, 2.24) is 9.97 Å². The number of anilines is 1. The van der Waals surface area contributed by atoms with Crippen LogP contribution in [0.4, 0.5) is 5.69 Å². The Balaban J connectivity index is 1.59. The fraction of sp³-hybridized carbons (Fsp3) is 0.174. The van der Waals surface area contributed by atoms with Gasteiger partial charge in [-0.2, -0.15) is 0 Å². The number of fused-ring (bicyclic) bond motifs is 1. The molecule has 1 amide bonds. The van der Waals surface area contributed by atoms with E-state index in [1.165, 1.54) is 16.6 Å². The summed E-state index contributed by atoms with van der Waals surface area (Å²) in [6.45, 7) is 6.16. The van der Waals surface area contributed by atoms with E-state index in [-0.39, 0.29) is 5.91 Å². The number of benzene rings is 2. The lowest BCUT2D eigenvalue weighted by atomic mass is 10.0. The molecule has 2 aromatic heterocycles. The summed E-state index contributed by atoms with van der Waals surface area (Å²) in [7, 11) is 0. The number of thioether (sulfide) groups is 1. The summed E-state index contributed by atoms with van der Waals surface area (Å²) in [4.78, 5) is 23.6. The number of carbonyl (C=O) groups excluding carboxylic acids is 1. The molecule has 4 aromatic rings. The molecular formula is C23H21N3OS2. The Morgan fingerprint density at radius 1 is 1.03 bits per heavy atom. The van der Waals surface area contributed by atoms with Gasteiger partial charge in [-0.3, -0.25) is 4.79 Å². The van der Waals surface area contributed by atoms with Crippen LogP contribution in [0.1, 0.15) is 16.0 Å². The quantitative estimate of drug-likeness (QED) is 0.318. The normalized spacial score (nSPS) is 11.0. The Morgan fingerprint density at radius 3 is 2.48 bits per heavy atom. The standard InChI is InChI=1S/C23H21N3OS2/c1-14-9-15(2)11-18(10-14)26-19(27)12-28-22-21-20(17-7-5-4-6-8-17)16(3)29-23(21)25-13-24-22/h4-11,13H,12H2,1-3H3,(H,26,27). The highest BCUT2D eigenvalue weighted by Crippen LogP contribution is 2.41. The van der Waals surface area contributed by atoms with Crippen LogP contribution in [0.3, 0.4) is 0 Å². The van der Waals surface area contributed by atoms with Gasteiger partial charge in [0.05, 0.1) is 11.1 Å². The van der Waals surface area contributed by atoms with Crippen molar-refractivity contribution >= 4 is 44.9 Å². The van der Waals surface area contributed by atoms with Crippen molar-refractivity contribution < 1.29 is 4.79 Å². The molecule has 4 nitrogen and oxygen atoms in total. The third-order valence-corrected chi connectivity index (χ3v) is 6.54. The molecule has 0 atom stereocenters. The fourth-order valence-corrected chi connectivity index (χ4v) is 5.34. The second kappa shape index (κ2) is 8.35. The van der Waals surface area contributed by atoms with Crippen molar-refractivity contribution in [2.45, 2.75) is 25.8 Å². The van der Waals surface area contributed by atoms with Crippen LogP contribution in [-0.2, 0) is 4.79 Å². The van der Waals surface area contributed by atoms with E-state index < -0.39 is 0 Å². The molecule has 0 fully saturated rings. The molecule has 0 radical (unpaired) electrons. The molecule has 2 aromatic carbocycles. The van der Waals surface area contributed by atoms with E-state index in [9.17, 15) is 4.79 Å². The van der Waals surface area contributed by atoms with Gasteiger partial charge in [0.2, 0.25) is 5.91 Å². The van der Waals surface area contributed by atoms with Crippen LogP contribution >= 0.6 is 23.1 Å². The maximum Gasteiger partial charge on any atom is 0.234 e. The first-order chi connectivity index (χ1) is 14.0. The van der Waals surface area contributed by atoms with Crippen molar-refractivity contribution in [3.8, 4) is 11.1 Å². The fourth-order valence-electron chi connectivity index (χ4n) is 3.46. The van der Waals surface area contributed by atoms with Crippen LogP contribution < -0.4 is 5.32 Å². The molecule has 0 aliphatic carbocycles. The minimum absolute atomic E-state index is 0.0417. The molecule has 0 bridgehead atoms. The Labute approximate surface area is 178 Å². The van der Waals surface area contributed by atoms with E-state index in [1.54, 1.807) is 17.7 Å². The van der Waals surface area contributed by atoms with Crippen LogP contribution in [0, 0.1) is 20.8 Å². The van der Waals surface area contributed by atoms with Gasteiger partial charge in [0.25, 0.3) is 0 Å². The zero-order valence-electron chi connectivity index (χ0n) is 16.5. The Bertz CT molecular complexity index is 1170. The van der Waals surface area contributed by atoms with E-state index in [0.29, 0.717) is 5.75 Å². The van der Waals surface area contributed by atoms with Crippen molar-refractivity contribution in [3.63, 3.8) is 0 Å². The molecule has 146 valence electrons. The molecule has 1 N–H and O–H groups in total. The lowest BCUT2D eigenvalue weighted by Gasteiger charge is -2.08. The molecule has 0 aliphatic rings. The van der Waals surface area contributed by atoms with Crippen molar-refractivity contribution in [2.24, 2.45) is 0 Å². The summed E-state index contributed by atoms with van der Waals surface area (Å²) < 4.78 is 0. The number of hydrogen-bond donors (Lipinski definition) is 1. The summed E-state index contributed by atoms with van der Waals surface area (Å²) in [5, 5.41) is 4.87. The Hall–Kier alpha value is -2.70. The molecule has 0 saturated heterocycles. The first-order valence-corrected chi connectivity index (χ1v) is 11.1. The molecule has 0 unspecified atom stereocenters. The number of aromatic nitrogens is 2. The maximum atomic E-state index is 12.5. The molecule has 0 aliphatic heterocycles. The van der Waals surface area contributed by atoms with Crippen molar-refractivity contribution in [3.05, 3.63) is 70.9 Å². The van der Waals surface area contributed by atoms with Gasteiger partial charge >= 0.3 is 0 Å². The van der Waals surface area contributed by atoms with Crippen LogP contribution in [-0.4, -0.2) is 21.6 Å². The minimum atomic E-state index is -0.0417. The Kier molecular flexibility index (Phi) is 5.65. The molecule has 6 heteroatoms. The zero-order chi connectivity index (χ0) is 20.4. The SMILES string of the molecule is Cc1cc(C)cc(NC(=O)CSc2ncnc3sc(C)c(-c4ccccc4)c23)c1. The maximum absolute atomic E-state index is 12.5. The van der Waals surface area contributed by atoms with Crippen LogP contribution in [0.25, 0.3) is 21.3 Å². The van der Waals surface area contributed by atoms with E-state index in [1.807, 2.05) is 44.2 Å². The van der Waals surface area contributed by atoms with Gasteiger partial charge < -0.3 is 5.32 Å². The number of hydrogen-bond acceptors (Lipinski definition) is 5. The summed E-state index contributed by atoms with van der Waals surface area (Å²) in [5.74, 6) is 0.252. The molecular weight excluding hydrogens is 398 g/mol. The van der Waals surface area contributed by atoms with Gasteiger partial charge in [-0.15, -0.1) is 11.3 Å². The van der Waals surface area contributed by atoms with E-state index in [4.69, 9.17) is 0 Å². The predicted molar refractivity (Wildman–Crippen MR) is 123 cm³/mol. The van der Waals surface area contributed by atoms with Crippen molar-refractivity contribution in [1.29, 1.82) is 0 Å². The van der Waals surface area contributed by atoms with Crippen LogP contribution in [0.15, 0.2) is 59.9 Å². The molecule has 4 rings (SSSR count). The lowest BCUT2D eigenvalue weighted by molar-refractivity contribution is -0.113. The highest BCUT2D eigenvalue weighted by Gasteiger charge is 2.17. The number of thiophene rings is 1. The number of rotatable bonds is 5. The topological polar surface area (TPSA) is 54.9 Å². The number of carbonyl (C=O) groups is 1. The third kappa shape index (κ3) is 4.33. The minimum Gasteiger partial charge on any atom is -0.325 e. The molecule has 0 saturated carbocycles. The monoisotopic (exact) mass is 419 g/mol. The van der Waals surface area contributed by atoms with Gasteiger partial charge in [-0.1, -0.05) is 48.2 Å². The number of aryl methyl sites for hydroxylation is 3. The highest BCUT2D eigenvalue weighted by atomic mass is 32.2. The lowest BCUT2D eigenvalue weighted by Crippen LogP contribution is -2.14. The number of amides is 1. The van der Waals surface area contributed by atoms with Gasteiger partial charge in [-0.05, 0) is 49.6 Å². The van der Waals surface area contributed by atoms with Gasteiger partial charge in [0.15, 0.2) is 0 Å². The number of nitrogens with one attached hydrogen (secondary N) is 1. The van der Waals surface area contributed by atoms with E-state index >= 15 is 0 Å². The van der Waals surface area contributed by atoms with Crippen molar-refractivity contribution in [2.75, 3.05) is 11.1 Å². The van der Waals surface area contributed by atoms with Crippen LogP contribution in [0.2, 0.25) is 0 Å². The second-order valence-electron chi connectivity index (χ2n) is 6.97. The summed E-state index contributed by atoms with van der Waals surface area (Å²) in [6, 6.07) is 16.3. The second-order valence-corrected chi connectivity index (χ2v) is 9.14.